The third-order valence-electron chi connectivity index (χ3n) is 3.74. The molecule has 2 aromatic carbocycles. The van der Waals surface area contributed by atoms with Crippen molar-refractivity contribution in [3.05, 3.63) is 59.7 Å². The number of para-hydroxylation sites is 2. The van der Waals surface area contributed by atoms with Crippen molar-refractivity contribution in [2.75, 3.05) is 18.9 Å². The number of amides is 1. The van der Waals surface area contributed by atoms with E-state index in [0.29, 0.717) is 18.0 Å². The van der Waals surface area contributed by atoms with Crippen LogP contribution in [0, 0.1) is 6.92 Å². The Morgan fingerprint density at radius 2 is 1.92 bits per heavy atom. The smallest absolute Gasteiger partial charge is 0.264 e. The lowest BCUT2D eigenvalue weighted by Crippen LogP contribution is -2.44. The van der Waals surface area contributed by atoms with Gasteiger partial charge in [0.2, 0.25) is 6.10 Å². The van der Waals surface area contributed by atoms with Crippen molar-refractivity contribution in [3.63, 3.8) is 0 Å². The first kappa shape index (κ1) is 16.7. The van der Waals surface area contributed by atoms with E-state index in [2.05, 4.69) is 36.5 Å². The average molecular weight is 343 g/mol. The Morgan fingerprint density at radius 1 is 1.17 bits per heavy atom. The topological polar surface area (TPSA) is 47.6 Å². The van der Waals surface area contributed by atoms with Crippen LogP contribution >= 0.6 is 11.8 Å². The molecule has 1 N–H and O–H groups in total. The maximum Gasteiger partial charge on any atom is 0.264 e. The number of rotatable bonds is 6. The normalized spacial score (nSPS) is 15.8. The van der Waals surface area contributed by atoms with Gasteiger partial charge in [0.25, 0.3) is 5.91 Å². The van der Waals surface area contributed by atoms with E-state index in [9.17, 15) is 4.79 Å². The van der Waals surface area contributed by atoms with Gasteiger partial charge >= 0.3 is 0 Å². The summed E-state index contributed by atoms with van der Waals surface area (Å²) in [6.07, 6.45) is -0.581. The summed E-state index contributed by atoms with van der Waals surface area (Å²) in [5.74, 6) is 3.00. The lowest BCUT2D eigenvalue weighted by atomic mass is 10.2. The van der Waals surface area contributed by atoms with Crippen LogP contribution in [0.5, 0.6) is 11.5 Å². The molecule has 1 heterocycles. The Bertz CT molecular complexity index is 687. The fourth-order valence-corrected chi connectivity index (χ4v) is 3.20. The molecule has 1 aliphatic rings. The van der Waals surface area contributed by atoms with Gasteiger partial charge < -0.3 is 14.8 Å². The van der Waals surface area contributed by atoms with Crippen molar-refractivity contribution in [2.24, 2.45) is 0 Å². The highest BCUT2D eigenvalue weighted by molar-refractivity contribution is 7.98. The van der Waals surface area contributed by atoms with Crippen LogP contribution in [0.15, 0.2) is 48.5 Å². The van der Waals surface area contributed by atoms with E-state index in [4.69, 9.17) is 9.47 Å². The minimum absolute atomic E-state index is 0.125. The summed E-state index contributed by atoms with van der Waals surface area (Å²) in [5.41, 5.74) is 2.57. The number of carbonyl (C=O) groups excluding carboxylic acids is 1. The van der Waals surface area contributed by atoms with Crippen molar-refractivity contribution in [2.45, 2.75) is 18.8 Å². The van der Waals surface area contributed by atoms with Crippen molar-refractivity contribution >= 4 is 17.7 Å². The molecule has 0 aromatic heterocycles. The summed E-state index contributed by atoms with van der Waals surface area (Å²) in [6.45, 7) is 2.96. The molecular formula is C19H21NO3S. The Labute approximate surface area is 146 Å². The first-order valence-electron chi connectivity index (χ1n) is 8.02. The van der Waals surface area contributed by atoms with E-state index in [1.165, 1.54) is 11.1 Å². The molecule has 0 fully saturated rings. The number of nitrogens with one attached hydrogen (secondary N) is 1. The second-order valence-electron chi connectivity index (χ2n) is 5.69. The van der Waals surface area contributed by atoms with Crippen LogP contribution in [0.25, 0.3) is 0 Å². The second kappa shape index (κ2) is 8.11. The molecule has 0 radical (unpaired) electrons. The first-order chi connectivity index (χ1) is 11.7. The number of hydrogen-bond donors (Lipinski definition) is 1. The Hall–Kier alpha value is -2.14. The van der Waals surface area contributed by atoms with Crippen molar-refractivity contribution < 1.29 is 14.3 Å². The minimum Gasteiger partial charge on any atom is -0.485 e. The molecule has 3 rings (SSSR count). The third kappa shape index (κ3) is 4.45. The van der Waals surface area contributed by atoms with E-state index in [0.717, 1.165) is 11.5 Å². The highest BCUT2D eigenvalue weighted by Crippen LogP contribution is 2.30. The van der Waals surface area contributed by atoms with Gasteiger partial charge in [0.05, 0.1) is 0 Å². The van der Waals surface area contributed by atoms with Gasteiger partial charge in [-0.1, -0.05) is 42.0 Å². The Morgan fingerprint density at radius 3 is 2.71 bits per heavy atom. The molecule has 4 nitrogen and oxygen atoms in total. The van der Waals surface area contributed by atoms with Gasteiger partial charge in [-0.25, -0.2) is 0 Å². The zero-order chi connectivity index (χ0) is 16.8. The van der Waals surface area contributed by atoms with Crippen LogP contribution in [0.1, 0.15) is 11.1 Å². The van der Waals surface area contributed by atoms with E-state index in [-0.39, 0.29) is 12.5 Å². The van der Waals surface area contributed by atoms with Crippen LogP contribution in [-0.2, 0) is 10.5 Å². The first-order valence-corrected chi connectivity index (χ1v) is 9.17. The monoisotopic (exact) mass is 343 g/mol. The maximum atomic E-state index is 12.2. The summed E-state index contributed by atoms with van der Waals surface area (Å²) in [4.78, 5) is 12.2. The van der Waals surface area contributed by atoms with Crippen LogP contribution in [0.3, 0.4) is 0 Å². The fourth-order valence-electron chi connectivity index (χ4n) is 2.38. The van der Waals surface area contributed by atoms with E-state index in [1.807, 2.05) is 24.3 Å². The number of carbonyl (C=O) groups is 1. The molecule has 0 bridgehead atoms. The molecule has 126 valence electrons. The fraction of sp³-hybridized carbons (Fsp3) is 0.316. The predicted octanol–water partition coefficient (Wildman–Crippen LogP) is 3.18. The molecular weight excluding hydrogens is 322 g/mol. The third-order valence-corrected chi connectivity index (χ3v) is 4.77. The van der Waals surface area contributed by atoms with E-state index in [1.54, 1.807) is 11.8 Å². The molecule has 1 aliphatic heterocycles. The van der Waals surface area contributed by atoms with Gasteiger partial charge in [0, 0.05) is 18.1 Å². The summed E-state index contributed by atoms with van der Waals surface area (Å²) < 4.78 is 11.2. The van der Waals surface area contributed by atoms with Crippen molar-refractivity contribution in [1.29, 1.82) is 0 Å². The zero-order valence-corrected chi connectivity index (χ0v) is 14.5. The van der Waals surface area contributed by atoms with Gasteiger partial charge in [-0.05, 0) is 24.6 Å². The largest absolute Gasteiger partial charge is 0.485 e. The molecule has 1 amide bonds. The van der Waals surface area contributed by atoms with Gasteiger partial charge in [0.1, 0.15) is 6.61 Å². The molecule has 5 heteroatoms. The lowest BCUT2D eigenvalue weighted by Gasteiger charge is -2.25. The van der Waals surface area contributed by atoms with E-state index < -0.39 is 6.10 Å². The molecule has 2 aromatic rings. The number of hydrogen-bond acceptors (Lipinski definition) is 4. The molecule has 0 saturated heterocycles. The number of benzene rings is 2. The summed E-state index contributed by atoms with van der Waals surface area (Å²) >= 11 is 1.80. The second-order valence-corrected chi connectivity index (χ2v) is 6.80. The van der Waals surface area contributed by atoms with Gasteiger partial charge in [-0.15, -0.1) is 0 Å². The van der Waals surface area contributed by atoms with Gasteiger partial charge in [-0.2, -0.15) is 11.8 Å². The quantitative estimate of drug-likeness (QED) is 0.819. The van der Waals surface area contributed by atoms with Crippen molar-refractivity contribution in [3.8, 4) is 11.5 Å². The van der Waals surface area contributed by atoms with Crippen LogP contribution < -0.4 is 14.8 Å². The predicted molar refractivity (Wildman–Crippen MR) is 96.7 cm³/mol. The SMILES string of the molecule is Cc1ccc(CSCCNC(=O)[C@H]2COc3ccccc3O2)cc1. The highest BCUT2D eigenvalue weighted by atomic mass is 32.2. The van der Waals surface area contributed by atoms with Crippen LogP contribution in [0.4, 0.5) is 0 Å². The summed E-state index contributed by atoms with van der Waals surface area (Å²) in [5, 5.41) is 2.91. The van der Waals surface area contributed by atoms with Gasteiger partial charge in [0.15, 0.2) is 11.5 Å². The standard InChI is InChI=1S/C19H21NO3S/c1-14-6-8-15(9-7-14)13-24-11-10-20-19(21)18-12-22-16-4-2-3-5-17(16)23-18/h2-9,18H,10-13H2,1H3,(H,20,21)/t18-/m1/s1. The maximum absolute atomic E-state index is 12.2. The summed E-state index contributed by atoms with van der Waals surface area (Å²) in [6, 6.07) is 15.9. The zero-order valence-electron chi connectivity index (χ0n) is 13.7. The molecule has 0 saturated carbocycles. The molecule has 24 heavy (non-hydrogen) atoms. The number of thioether (sulfide) groups is 1. The van der Waals surface area contributed by atoms with Crippen LogP contribution in [0.2, 0.25) is 0 Å². The molecule has 1 atom stereocenters. The number of fused-ring (bicyclic) bond motifs is 1. The Balaban J connectivity index is 1.36. The minimum atomic E-state index is -0.581. The van der Waals surface area contributed by atoms with Crippen LogP contribution in [-0.4, -0.2) is 30.9 Å². The van der Waals surface area contributed by atoms with E-state index >= 15 is 0 Å². The molecule has 0 unspecified atom stereocenters. The Kier molecular flexibility index (Phi) is 5.64. The van der Waals surface area contributed by atoms with Crippen molar-refractivity contribution in [1.82, 2.24) is 5.32 Å². The lowest BCUT2D eigenvalue weighted by molar-refractivity contribution is -0.130. The van der Waals surface area contributed by atoms with Gasteiger partial charge in [-0.3, -0.25) is 4.79 Å². The average Bonchev–Trinajstić information content (AvgIpc) is 2.62. The summed E-state index contributed by atoms with van der Waals surface area (Å²) in [7, 11) is 0. The highest BCUT2D eigenvalue weighted by Gasteiger charge is 2.26. The number of ether oxygens (including phenoxy) is 2. The molecule has 0 aliphatic carbocycles. The number of aryl methyl sites for hydroxylation is 1. The molecule has 0 spiro atoms.